The number of halogens is 3. The summed E-state index contributed by atoms with van der Waals surface area (Å²) in [5.41, 5.74) is 0.679. The normalized spacial score (nSPS) is 11.3. The van der Waals surface area contributed by atoms with Gasteiger partial charge in [-0.3, -0.25) is 4.79 Å². The van der Waals surface area contributed by atoms with Crippen LogP contribution in [0.15, 0.2) is 42.5 Å². The van der Waals surface area contributed by atoms with Gasteiger partial charge in [-0.05, 0) is 17.7 Å². The Kier molecular flexibility index (Phi) is 4.81. The van der Waals surface area contributed by atoms with Crippen LogP contribution in [0.1, 0.15) is 29.8 Å². The largest absolute Gasteiger partial charge is 0.351 e. The first kappa shape index (κ1) is 16.4. The number of carbonyl (C=O) groups excluding carboxylic acids is 1. The second kappa shape index (κ2) is 6.44. The van der Waals surface area contributed by atoms with Gasteiger partial charge in [-0.2, -0.15) is 0 Å². The van der Waals surface area contributed by atoms with Gasteiger partial charge < -0.3 is 5.32 Å². The van der Waals surface area contributed by atoms with Gasteiger partial charge in [0.05, 0.1) is 10.6 Å². The Bertz CT molecular complexity index is 687. The summed E-state index contributed by atoms with van der Waals surface area (Å²) in [6, 6.07) is 11.3. The molecule has 0 aliphatic rings. The quantitative estimate of drug-likeness (QED) is 0.834. The standard InChI is InChI=1S/C17H16ClF2NO/c1-17(2,11-6-4-3-5-7-11)10-21-16(22)12-8-14(19)15(20)9-13(12)18/h3-9H,10H2,1-2H3,(H,21,22). The molecule has 2 aromatic rings. The minimum Gasteiger partial charge on any atom is -0.351 e. The Labute approximate surface area is 133 Å². The van der Waals surface area contributed by atoms with E-state index in [1.807, 2.05) is 44.2 Å². The maximum atomic E-state index is 13.2. The van der Waals surface area contributed by atoms with E-state index < -0.39 is 17.5 Å². The SMILES string of the molecule is CC(C)(CNC(=O)c1cc(F)c(F)cc1Cl)c1ccccc1. The fourth-order valence-electron chi connectivity index (χ4n) is 2.08. The zero-order chi connectivity index (χ0) is 16.3. The molecule has 0 fully saturated rings. The minimum absolute atomic E-state index is 0.0792. The summed E-state index contributed by atoms with van der Waals surface area (Å²) in [7, 11) is 0. The molecule has 0 radical (unpaired) electrons. The van der Waals surface area contributed by atoms with Gasteiger partial charge in [0, 0.05) is 12.0 Å². The summed E-state index contributed by atoms with van der Waals surface area (Å²) >= 11 is 5.80. The predicted molar refractivity (Wildman–Crippen MR) is 83.2 cm³/mol. The summed E-state index contributed by atoms with van der Waals surface area (Å²) in [6.07, 6.45) is 0. The first-order valence-electron chi connectivity index (χ1n) is 6.79. The Morgan fingerprint density at radius 3 is 2.36 bits per heavy atom. The van der Waals surface area contributed by atoms with Crippen molar-refractivity contribution in [3.63, 3.8) is 0 Å². The molecule has 0 aromatic heterocycles. The predicted octanol–water partition coefficient (Wildman–Crippen LogP) is 4.33. The third-order valence-corrected chi connectivity index (χ3v) is 3.81. The number of hydrogen-bond donors (Lipinski definition) is 1. The van der Waals surface area contributed by atoms with Crippen LogP contribution in [0.4, 0.5) is 8.78 Å². The molecule has 0 aliphatic heterocycles. The highest BCUT2D eigenvalue weighted by molar-refractivity contribution is 6.33. The number of amides is 1. The first-order chi connectivity index (χ1) is 10.3. The smallest absolute Gasteiger partial charge is 0.252 e. The van der Waals surface area contributed by atoms with Gasteiger partial charge in [0.25, 0.3) is 5.91 Å². The van der Waals surface area contributed by atoms with Gasteiger partial charge >= 0.3 is 0 Å². The van der Waals surface area contributed by atoms with Crippen molar-refractivity contribution in [3.05, 3.63) is 70.2 Å². The van der Waals surface area contributed by atoms with Crippen LogP contribution in [0.25, 0.3) is 0 Å². The lowest BCUT2D eigenvalue weighted by molar-refractivity contribution is 0.0945. The Hall–Kier alpha value is -1.94. The molecule has 1 N–H and O–H groups in total. The van der Waals surface area contributed by atoms with E-state index in [0.29, 0.717) is 6.54 Å². The lowest BCUT2D eigenvalue weighted by Crippen LogP contribution is -2.36. The van der Waals surface area contributed by atoms with Crippen molar-refractivity contribution in [2.24, 2.45) is 0 Å². The van der Waals surface area contributed by atoms with Crippen LogP contribution >= 0.6 is 11.6 Å². The number of carbonyl (C=O) groups is 1. The van der Waals surface area contributed by atoms with Gasteiger partial charge in [0.15, 0.2) is 11.6 Å². The topological polar surface area (TPSA) is 29.1 Å². The van der Waals surface area contributed by atoms with Gasteiger partial charge in [-0.15, -0.1) is 0 Å². The van der Waals surface area contributed by atoms with Crippen LogP contribution in [0.2, 0.25) is 5.02 Å². The van der Waals surface area contributed by atoms with Crippen molar-refractivity contribution in [1.82, 2.24) is 5.32 Å². The van der Waals surface area contributed by atoms with Crippen molar-refractivity contribution < 1.29 is 13.6 Å². The first-order valence-corrected chi connectivity index (χ1v) is 7.17. The van der Waals surface area contributed by atoms with Crippen LogP contribution < -0.4 is 5.32 Å². The van der Waals surface area contributed by atoms with E-state index in [4.69, 9.17) is 11.6 Å². The molecule has 2 nitrogen and oxygen atoms in total. The highest BCUT2D eigenvalue weighted by atomic mass is 35.5. The van der Waals surface area contributed by atoms with Crippen LogP contribution in [-0.2, 0) is 5.41 Å². The molecule has 2 aromatic carbocycles. The zero-order valence-corrected chi connectivity index (χ0v) is 13.0. The lowest BCUT2D eigenvalue weighted by Gasteiger charge is -2.25. The molecule has 0 unspecified atom stereocenters. The zero-order valence-electron chi connectivity index (χ0n) is 12.3. The summed E-state index contributed by atoms with van der Waals surface area (Å²) in [5.74, 6) is -2.71. The second-order valence-electron chi connectivity index (χ2n) is 5.68. The summed E-state index contributed by atoms with van der Waals surface area (Å²) in [5, 5.41) is 2.60. The fraction of sp³-hybridized carbons (Fsp3) is 0.235. The average Bonchev–Trinajstić information content (AvgIpc) is 2.49. The molecule has 5 heteroatoms. The molecule has 0 atom stereocenters. The van der Waals surface area contributed by atoms with Crippen LogP contribution in [0.3, 0.4) is 0 Å². The molecule has 0 aliphatic carbocycles. The van der Waals surface area contributed by atoms with Crippen molar-refractivity contribution in [2.75, 3.05) is 6.54 Å². The number of rotatable bonds is 4. The molecule has 1 amide bonds. The van der Waals surface area contributed by atoms with Gasteiger partial charge in [0.2, 0.25) is 0 Å². The van der Waals surface area contributed by atoms with E-state index in [-0.39, 0.29) is 16.0 Å². The third-order valence-electron chi connectivity index (χ3n) is 3.50. The van der Waals surface area contributed by atoms with Crippen molar-refractivity contribution in [1.29, 1.82) is 0 Å². The Morgan fingerprint density at radius 2 is 1.73 bits per heavy atom. The number of nitrogens with one attached hydrogen (secondary N) is 1. The maximum absolute atomic E-state index is 13.2. The van der Waals surface area contributed by atoms with Gasteiger partial charge in [-0.1, -0.05) is 55.8 Å². The van der Waals surface area contributed by atoms with Crippen molar-refractivity contribution in [2.45, 2.75) is 19.3 Å². The molecule has 2 rings (SSSR count). The van der Waals surface area contributed by atoms with E-state index in [1.165, 1.54) is 0 Å². The van der Waals surface area contributed by atoms with E-state index >= 15 is 0 Å². The van der Waals surface area contributed by atoms with Crippen molar-refractivity contribution >= 4 is 17.5 Å². The monoisotopic (exact) mass is 323 g/mol. The molecular weight excluding hydrogens is 308 g/mol. The summed E-state index contributed by atoms with van der Waals surface area (Å²) < 4.78 is 26.3. The maximum Gasteiger partial charge on any atom is 0.252 e. The van der Waals surface area contributed by atoms with E-state index in [0.717, 1.165) is 17.7 Å². The molecule has 116 valence electrons. The van der Waals surface area contributed by atoms with Gasteiger partial charge in [0.1, 0.15) is 0 Å². The Morgan fingerprint density at radius 1 is 1.14 bits per heavy atom. The summed E-state index contributed by atoms with van der Waals surface area (Å²) in [6.45, 7) is 4.30. The summed E-state index contributed by atoms with van der Waals surface area (Å²) in [4.78, 5) is 12.1. The fourth-order valence-corrected chi connectivity index (χ4v) is 2.32. The number of hydrogen-bond acceptors (Lipinski definition) is 1. The van der Waals surface area contributed by atoms with Crippen LogP contribution in [-0.4, -0.2) is 12.5 Å². The Balaban J connectivity index is 2.12. The lowest BCUT2D eigenvalue weighted by atomic mass is 9.84. The average molecular weight is 324 g/mol. The second-order valence-corrected chi connectivity index (χ2v) is 6.09. The molecule has 0 spiro atoms. The van der Waals surface area contributed by atoms with E-state index in [1.54, 1.807) is 0 Å². The number of benzene rings is 2. The molecule has 0 saturated heterocycles. The molecule has 0 heterocycles. The molecular formula is C17H16ClF2NO. The molecule has 0 saturated carbocycles. The third kappa shape index (κ3) is 3.63. The minimum atomic E-state index is -1.10. The van der Waals surface area contributed by atoms with Gasteiger partial charge in [-0.25, -0.2) is 8.78 Å². The molecule has 0 bridgehead atoms. The van der Waals surface area contributed by atoms with Crippen molar-refractivity contribution in [3.8, 4) is 0 Å². The van der Waals surface area contributed by atoms with Crippen LogP contribution in [0.5, 0.6) is 0 Å². The highest BCUT2D eigenvalue weighted by Crippen LogP contribution is 2.23. The van der Waals surface area contributed by atoms with Crippen LogP contribution in [0, 0.1) is 11.6 Å². The highest BCUT2D eigenvalue weighted by Gasteiger charge is 2.22. The van der Waals surface area contributed by atoms with E-state index in [9.17, 15) is 13.6 Å². The van der Waals surface area contributed by atoms with E-state index in [2.05, 4.69) is 5.32 Å². The molecule has 22 heavy (non-hydrogen) atoms.